The number of furan rings is 1. The minimum absolute atomic E-state index is 0.0207. The molecule has 0 fully saturated rings. The standard InChI is InChI=1S/C16H14BrFN2O5/c17-13-6-5-12(25-13)16(23)20-8-15(22)24-9-14(21)19-7-10-3-1-2-4-11(10)18/h1-6H,7-9H2,(H,19,21)(H,20,23). The molecular formula is C16H14BrFN2O5. The number of esters is 1. The molecule has 0 bridgehead atoms. The molecule has 0 spiro atoms. The first-order chi connectivity index (χ1) is 12.0. The van der Waals surface area contributed by atoms with Gasteiger partial charge in [0.25, 0.3) is 11.8 Å². The number of hydrogen-bond donors (Lipinski definition) is 2. The maximum atomic E-state index is 13.4. The van der Waals surface area contributed by atoms with Gasteiger partial charge in [-0.15, -0.1) is 0 Å². The number of carbonyl (C=O) groups is 3. The molecule has 0 atom stereocenters. The van der Waals surface area contributed by atoms with Gasteiger partial charge < -0.3 is 19.8 Å². The predicted octanol–water partition coefficient (Wildman–Crippen LogP) is 1.77. The zero-order chi connectivity index (χ0) is 18.2. The summed E-state index contributed by atoms with van der Waals surface area (Å²) < 4.78 is 23.5. The minimum atomic E-state index is -0.792. The van der Waals surface area contributed by atoms with Crippen molar-refractivity contribution < 1.29 is 27.9 Å². The van der Waals surface area contributed by atoms with Crippen LogP contribution in [-0.2, 0) is 20.9 Å². The summed E-state index contributed by atoms with van der Waals surface area (Å²) in [5, 5.41) is 4.72. The Balaban J connectivity index is 1.66. The van der Waals surface area contributed by atoms with E-state index in [0.29, 0.717) is 10.2 Å². The van der Waals surface area contributed by atoms with Crippen LogP contribution >= 0.6 is 15.9 Å². The Morgan fingerprint density at radius 2 is 1.88 bits per heavy atom. The van der Waals surface area contributed by atoms with E-state index < -0.39 is 36.8 Å². The SMILES string of the molecule is O=C(COC(=O)CNC(=O)c1ccc(Br)o1)NCc1ccccc1F. The van der Waals surface area contributed by atoms with E-state index in [0.717, 1.165) is 0 Å². The second kappa shape index (κ2) is 8.97. The smallest absolute Gasteiger partial charge is 0.325 e. The molecule has 0 aliphatic carbocycles. The third kappa shape index (κ3) is 6.03. The van der Waals surface area contributed by atoms with Gasteiger partial charge in [-0.05, 0) is 34.1 Å². The normalized spacial score (nSPS) is 10.2. The highest BCUT2D eigenvalue weighted by molar-refractivity contribution is 9.10. The van der Waals surface area contributed by atoms with Crippen LogP contribution in [0.3, 0.4) is 0 Å². The van der Waals surface area contributed by atoms with E-state index in [-0.39, 0.29) is 12.3 Å². The number of ether oxygens (including phenoxy) is 1. The van der Waals surface area contributed by atoms with Crippen LogP contribution in [-0.4, -0.2) is 30.9 Å². The largest absolute Gasteiger partial charge is 0.454 e. The Morgan fingerprint density at radius 3 is 2.56 bits per heavy atom. The maximum absolute atomic E-state index is 13.4. The molecule has 0 unspecified atom stereocenters. The zero-order valence-corrected chi connectivity index (χ0v) is 14.5. The highest BCUT2D eigenvalue weighted by atomic mass is 79.9. The third-order valence-corrected chi connectivity index (χ3v) is 3.41. The molecule has 0 saturated heterocycles. The molecule has 0 radical (unpaired) electrons. The molecule has 25 heavy (non-hydrogen) atoms. The first-order valence-electron chi connectivity index (χ1n) is 7.15. The van der Waals surface area contributed by atoms with Crippen LogP contribution in [0.4, 0.5) is 4.39 Å². The minimum Gasteiger partial charge on any atom is -0.454 e. The topological polar surface area (TPSA) is 97.6 Å². The van der Waals surface area contributed by atoms with E-state index in [2.05, 4.69) is 26.6 Å². The molecular weight excluding hydrogens is 399 g/mol. The monoisotopic (exact) mass is 412 g/mol. The van der Waals surface area contributed by atoms with Gasteiger partial charge in [0.1, 0.15) is 12.4 Å². The van der Waals surface area contributed by atoms with E-state index in [9.17, 15) is 18.8 Å². The van der Waals surface area contributed by atoms with E-state index in [4.69, 9.17) is 9.15 Å². The summed E-state index contributed by atoms with van der Waals surface area (Å²) in [5.41, 5.74) is 0.319. The van der Waals surface area contributed by atoms with Crippen LogP contribution in [0.2, 0.25) is 0 Å². The highest BCUT2D eigenvalue weighted by Gasteiger charge is 2.13. The molecule has 7 nitrogen and oxygen atoms in total. The molecule has 1 heterocycles. The second-order valence-corrected chi connectivity index (χ2v) is 5.60. The summed E-state index contributed by atoms with van der Waals surface area (Å²) in [6, 6.07) is 8.96. The fourth-order valence-corrected chi connectivity index (χ4v) is 2.07. The molecule has 2 amide bonds. The lowest BCUT2D eigenvalue weighted by Gasteiger charge is -2.07. The second-order valence-electron chi connectivity index (χ2n) is 4.82. The van der Waals surface area contributed by atoms with Crippen molar-refractivity contribution in [3.63, 3.8) is 0 Å². The maximum Gasteiger partial charge on any atom is 0.325 e. The molecule has 132 valence electrons. The Morgan fingerprint density at radius 1 is 1.12 bits per heavy atom. The fourth-order valence-electron chi connectivity index (χ4n) is 1.76. The van der Waals surface area contributed by atoms with Crippen LogP contribution in [0.15, 0.2) is 45.5 Å². The average molecular weight is 413 g/mol. The molecule has 2 N–H and O–H groups in total. The number of amides is 2. The highest BCUT2D eigenvalue weighted by Crippen LogP contribution is 2.13. The van der Waals surface area contributed by atoms with Gasteiger partial charge in [0, 0.05) is 12.1 Å². The van der Waals surface area contributed by atoms with E-state index in [1.54, 1.807) is 6.07 Å². The number of hydrogen-bond acceptors (Lipinski definition) is 5. The van der Waals surface area contributed by atoms with Gasteiger partial charge in [-0.3, -0.25) is 14.4 Å². The lowest BCUT2D eigenvalue weighted by Crippen LogP contribution is -2.33. The molecule has 9 heteroatoms. The van der Waals surface area contributed by atoms with Gasteiger partial charge >= 0.3 is 5.97 Å². The van der Waals surface area contributed by atoms with Gasteiger partial charge in [0.15, 0.2) is 17.0 Å². The predicted molar refractivity (Wildman–Crippen MR) is 87.9 cm³/mol. The van der Waals surface area contributed by atoms with Crippen molar-refractivity contribution in [3.8, 4) is 0 Å². The Bertz CT molecular complexity index is 777. The van der Waals surface area contributed by atoms with E-state index in [1.807, 2.05) is 0 Å². The van der Waals surface area contributed by atoms with E-state index >= 15 is 0 Å². The van der Waals surface area contributed by atoms with Gasteiger partial charge in [0.2, 0.25) is 0 Å². The number of nitrogens with one attached hydrogen (secondary N) is 2. The molecule has 2 rings (SSSR count). The Kier molecular flexibility index (Phi) is 6.70. The Labute approximate surface area is 150 Å². The summed E-state index contributed by atoms with van der Waals surface area (Å²) in [6.45, 7) is -0.972. The van der Waals surface area contributed by atoms with Crippen molar-refractivity contribution in [2.24, 2.45) is 0 Å². The molecule has 1 aromatic carbocycles. The van der Waals surface area contributed by atoms with Gasteiger partial charge in [-0.25, -0.2) is 4.39 Å². The molecule has 2 aromatic rings. The van der Waals surface area contributed by atoms with E-state index in [1.165, 1.54) is 30.3 Å². The third-order valence-electron chi connectivity index (χ3n) is 2.99. The van der Waals surface area contributed by atoms with Crippen molar-refractivity contribution in [1.82, 2.24) is 10.6 Å². The molecule has 0 aliphatic rings. The van der Waals surface area contributed by atoms with Gasteiger partial charge in [-0.1, -0.05) is 18.2 Å². The number of rotatable bonds is 7. The summed E-state index contributed by atoms with van der Waals surface area (Å²) in [4.78, 5) is 34.7. The van der Waals surface area contributed by atoms with Crippen LogP contribution in [0.5, 0.6) is 0 Å². The molecule has 1 aromatic heterocycles. The number of benzene rings is 1. The van der Waals surface area contributed by atoms with Crippen LogP contribution < -0.4 is 10.6 Å². The van der Waals surface area contributed by atoms with Crippen LogP contribution in [0.1, 0.15) is 16.1 Å². The summed E-state index contributed by atoms with van der Waals surface area (Å²) in [5.74, 6) is -2.38. The molecule has 0 saturated carbocycles. The van der Waals surface area contributed by atoms with Crippen LogP contribution in [0, 0.1) is 5.82 Å². The summed E-state index contributed by atoms with van der Waals surface area (Å²) >= 11 is 3.05. The van der Waals surface area contributed by atoms with Gasteiger partial charge in [-0.2, -0.15) is 0 Å². The van der Waals surface area contributed by atoms with Crippen molar-refractivity contribution in [3.05, 3.63) is 58.2 Å². The fraction of sp³-hybridized carbons (Fsp3) is 0.188. The van der Waals surface area contributed by atoms with Crippen molar-refractivity contribution in [2.75, 3.05) is 13.2 Å². The zero-order valence-electron chi connectivity index (χ0n) is 12.9. The van der Waals surface area contributed by atoms with Crippen LogP contribution in [0.25, 0.3) is 0 Å². The van der Waals surface area contributed by atoms with Gasteiger partial charge in [0.05, 0.1) is 0 Å². The summed E-state index contributed by atoms with van der Waals surface area (Å²) in [7, 11) is 0. The van der Waals surface area contributed by atoms with Crippen molar-refractivity contribution in [2.45, 2.75) is 6.54 Å². The summed E-state index contributed by atoms with van der Waals surface area (Å²) in [6.07, 6.45) is 0. The molecule has 0 aliphatic heterocycles. The van der Waals surface area contributed by atoms with Crippen molar-refractivity contribution in [1.29, 1.82) is 0 Å². The number of halogens is 2. The number of carbonyl (C=O) groups excluding carboxylic acids is 3. The average Bonchev–Trinajstić information content (AvgIpc) is 3.03. The lowest BCUT2D eigenvalue weighted by atomic mass is 10.2. The first-order valence-corrected chi connectivity index (χ1v) is 7.94. The lowest BCUT2D eigenvalue weighted by molar-refractivity contribution is -0.147. The Hall–Kier alpha value is -2.68. The quantitative estimate of drug-likeness (QED) is 0.675. The first kappa shape index (κ1) is 18.7. The van der Waals surface area contributed by atoms with Crippen molar-refractivity contribution >= 4 is 33.7 Å².